The van der Waals surface area contributed by atoms with Crippen LogP contribution in [0.4, 0.5) is 8.78 Å². The second-order valence-corrected chi connectivity index (χ2v) is 5.82. The largest absolute Gasteiger partial charge is 0.378 e. The summed E-state index contributed by atoms with van der Waals surface area (Å²) in [5.41, 5.74) is 0.650. The van der Waals surface area contributed by atoms with E-state index >= 15 is 0 Å². The van der Waals surface area contributed by atoms with Crippen molar-refractivity contribution < 1.29 is 13.5 Å². The van der Waals surface area contributed by atoms with Gasteiger partial charge < -0.3 is 10.1 Å². The lowest BCUT2D eigenvalue weighted by Crippen LogP contribution is -2.30. The smallest absolute Gasteiger partial charge is 0.133 e. The third kappa shape index (κ3) is 4.24. The summed E-state index contributed by atoms with van der Waals surface area (Å²) in [4.78, 5) is 0. The molecule has 0 radical (unpaired) electrons. The quantitative estimate of drug-likeness (QED) is 0.846. The van der Waals surface area contributed by atoms with E-state index in [9.17, 15) is 8.78 Å². The SMILES string of the molecule is CCCNC(CC1CCCCO1)c1c(F)ccc(C)c1F. The average molecular weight is 297 g/mol. The highest BCUT2D eigenvalue weighted by atomic mass is 19.1. The van der Waals surface area contributed by atoms with E-state index in [1.54, 1.807) is 6.92 Å². The molecular weight excluding hydrogens is 272 g/mol. The highest BCUT2D eigenvalue weighted by Gasteiger charge is 2.25. The molecule has 1 aromatic carbocycles. The summed E-state index contributed by atoms with van der Waals surface area (Å²) in [6.45, 7) is 5.21. The maximum Gasteiger partial charge on any atom is 0.133 e. The Labute approximate surface area is 125 Å². The standard InChI is InChI=1S/C17H25F2NO/c1-3-9-20-15(11-13-6-4-5-10-21-13)16-14(18)8-7-12(2)17(16)19/h7-8,13,15,20H,3-6,9-11H2,1-2H3. The van der Waals surface area contributed by atoms with E-state index in [1.165, 1.54) is 12.1 Å². The molecule has 2 nitrogen and oxygen atoms in total. The van der Waals surface area contributed by atoms with Gasteiger partial charge in [0, 0.05) is 18.2 Å². The van der Waals surface area contributed by atoms with Crippen LogP contribution < -0.4 is 5.32 Å². The Kier molecular flexibility index (Phi) is 6.12. The molecule has 1 saturated heterocycles. The van der Waals surface area contributed by atoms with Crippen molar-refractivity contribution in [2.24, 2.45) is 0 Å². The monoisotopic (exact) mass is 297 g/mol. The predicted molar refractivity (Wildman–Crippen MR) is 80.3 cm³/mol. The lowest BCUT2D eigenvalue weighted by atomic mass is 9.94. The molecule has 1 heterocycles. The number of rotatable bonds is 6. The van der Waals surface area contributed by atoms with Crippen molar-refractivity contribution in [2.45, 2.75) is 58.1 Å². The van der Waals surface area contributed by atoms with Crippen LogP contribution in [0, 0.1) is 18.6 Å². The second-order valence-electron chi connectivity index (χ2n) is 5.82. The van der Waals surface area contributed by atoms with E-state index in [-0.39, 0.29) is 17.7 Å². The van der Waals surface area contributed by atoms with Crippen molar-refractivity contribution in [1.29, 1.82) is 0 Å². The van der Waals surface area contributed by atoms with Gasteiger partial charge in [0.25, 0.3) is 0 Å². The first-order valence-electron chi connectivity index (χ1n) is 7.93. The third-order valence-corrected chi connectivity index (χ3v) is 4.08. The molecule has 118 valence electrons. The van der Waals surface area contributed by atoms with Gasteiger partial charge in [-0.05, 0) is 57.2 Å². The van der Waals surface area contributed by atoms with Crippen molar-refractivity contribution in [2.75, 3.05) is 13.2 Å². The third-order valence-electron chi connectivity index (χ3n) is 4.08. The van der Waals surface area contributed by atoms with Gasteiger partial charge in [-0.2, -0.15) is 0 Å². The summed E-state index contributed by atoms with van der Waals surface area (Å²) in [7, 11) is 0. The fourth-order valence-electron chi connectivity index (χ4n) is 2.88. The van der Waals surface area contributed by atoms with E-state index < -0.39 is 11.6 Å². The minimum atomic E-state index is -0.470. The zero-order valence-electron chi connectivity index (χ0n) is 12.9. The molecular formula is C17H25F2NO. The Hall–Kier alpha value is -1.00. The van der Waals surface area contributed by atoms with Crippen LogP contribution in [-0.2, 0) is 4.74 Å². The first kappa shape index (κ1) is 16.4. The molecule has 1 aromatic rings. The number of ether oxygens (including phenoxy) is 1. The molecule has 0 spiro atoms. The molecule has 1 N–H and O–H groups in total. The van der Waals surface area contributed by atoms with Crippen molar-refractivity contribution >= 4 is 0 Å². The molecule has 2 atom stereocenters. The van der Waals surface area contributed by atoms with Crippen molar-refractivity contribution in [3.8, 4) is 0 Å². The van der Waals surface area contributed by atoms with Gasteiger partial charge in [-0.15, -0.1) is 0 Å². The van der Waals surface area contributed by atoms with E-state index in [2.05, 4.69) is 5.32 Å². The highest BCUT2D eigenvalue weighted by Crippen LogP contribution is 2.29. The van der Waals surface area contributed by atoms with Crippen LogP contribution in [0.3, 0.4) is 0 Å². The minimum absolute atomic E-state index is 0.0902. The summed E-state index contributed by atoms with van der Waals surface area (Å²) in [6.07, 6.45) is 4.82. The van der Waals surface area contributed by atoms with Gasteiger partial charge in [0.2, 0.25) is 0 Å². The summed E-state index contributed by atoms with van der Waals surface area (Å²) in [5, 5.41) is 3.28. The fraction of sp³-hybridized carbons (Fsp3) is 0.647. The van der Waals surface area contributed by atoms with Gasteiger partial charge in [0.05, 0.1) is 6.10 Å². The molecule has 0 aliphatic carbocycles. The molecule has 0 amide bonds. The number of aryl methyl sites for hydroxylation is 1. The van der Waals surface area contributed by atoms with Crippen LogP contribution in [0.15, 0.2) is 12.1 Å². The van der Waals surface area contributed by atoms with Crippen molar-refractivity contribution in [3.63, 3.8) is 0 Å². The first-order valence-corrected chi connectivity index (χ1v) is 7.93. The van der Waals surface area contributed by atoms with Crippen molar-refractivity contribution in [3.05, 3.63) is 34.9 Å². The van der Waals surface area contributed by atoms with E-state index in [1.807, 2.05) is 6.92 Å². The van der Waals surface area contributed by atoms with Gasteiger partial charge >= 0.3 is 0 Å². The van der Waals surface area contributed by atoms with Gasteiger partial charge in [-0.25, -0.2) is 8.78 Å². The molecule has 2 unspecified atom stereocenters. The summed E-state index contributed by atoms with van der Waals surface area (Å²) in [6, 6.07) is 2.52. The van der Waals surface area contributed by atoms with Crippen LogP contribution in [0.5, 0.6) is 0 Å². The Morgan fingerprint density at radius 1 is 1.33 bits per heavy atom. The second kappa shape index (κ2) is 7.85. The topological polar surface area (TPSA) is 21.3 Å². The zero-order chi connectivity index (χ0) is 15.2. The van der Waals surface area contributed by atoms with Crippen LogP contribution in [0.2, 0.25) is 0 Å². The number of hydrogen-bond donors (Lipinski definition) is 1. The number of halogens is 2. The van der Waals surface area contributed by atoms with Crippen LogP contribution in [0.25, 0.3) is 0 Å². The maximum absolute atomic E-state index is 14.4. The number of benzene rings is 1. The Bertz CT molecular complexity index is 458. The predicted octanol–water partition coefficient (Wildman–Crippen LogP) is 4.27. The van der Waals surface area contributed by atoms with Crippen LogP contribution >= 0.6 is 0 Å². The minimum Gasteiger partial charge on any atom is -0.378 e. The zero-order valence-corrected chi connectivity index (χ0v) is 12.9. The van der Waals surface area contributed by atoms with Crippen LogP contribution in [0.1, 0.15) is 56.2 Å². The molecule has 21 heavy (non-hydrogen) atoms. The lowest BCUT2D eigenvalue weighted by Gasteiger charge is -2.28. The average Bonchev–Trinajstić information content (AvgIpc) is 2.50. The maximum atomic E-state index is 14.4. The van der Waals surface area contributed by atoms with Gasteiger partial charge in [0.15, 0.2) is 0 Å². The Morgan fingerprint density at radius 3 is 2.81 bits per heavy atom. The molecule has 1 fully saturated rings. The molecule has 0 saturated carbocycles. The Balaban J connectivity index is 2.20. The number of hydrogen-bond acceptors (Lipinski definition) is 2. The first-order chi connectivity index (χ1) is 10.1. The van der Waals surface area contributed by atoms with E-state index in [4.69, 9.17) is 4.74 Å². The molecule has 1 aliphatic heterocycles. The fourth-order valence-corrected chi connectivity index (χ4v) is 2.88. The molecule has 4 heteroatoms. The lowest BCUT2D eigenvalue weighted by molar-refractivity contribution is 0.00464. The summed E-state index contributed by atoms with van der Waals surface area (Å²) >= 11 is 0. The van der Waals surface area contributed by atoms with Gasteiger partial charge in [-0.3, -0.25) is 0 Å². The normalized spacial score (nSPS) is 20.5. The molecule has 0 bridgehead atoms. The molecule has 0 aromatic heterocycles. The molecule has 1 aliphatic rings. The highest BCUT2D eigenvalue weighted by molar-refractivity contribution is 5.29. The number of nitrogens with one attached hydrogen (secondary N) is 1. The molecule has 2 rings (SSSR count). The van der Waals surface area contributed by atoms with Gasteiger partial charge in [-0.1, -0.05) is 13.0 Å². The van der Waals surface area contributed by atoms with Crippen LogP contribution in [-0.4, -0.2) is 19.3 Å². The Morgan fingerprint density at radius 2 is 2.14 bits per heavy atom. The van der Waals surface area contributed by atoms with E-state index in [0.717, 1.165) is 38.8 Å². The summed E-state index contributed by atoms with van der Waals surface area (Å²) in [5.74, 6) is -0.901. The van der Waals surface area contributed by atoms with Crippen molar-refractivity contribution in [1.82, 2.24) is 5.32 Å². The van der Waals surface area contributed by atoms with Gasteiger partial charge in [0.1, 0.15) is 11.6 Å². The van der Waals surface area contributed by atoms with E-state index in [0.29, 0.717) is 12.0 Å². The summed E-state index contributed by atoms with van der Waals surface area (Å²) < 4.78 is 34.2.